The molecule has 7 nitrogen and oxygen atoms in total. The van der Waals surface area contributed by atoms with Crippen LogP contribution >= 0.6 is 11.3 Å². The fourth-order valence-corrected chi connectivity index (χ4v) is 2.24. The van der Waals surface area contributed by atoms with Gasteiger partial charge in [0.2, 0.25) is 0 Å². The molecule has 2 heterocycles. The summed E-state index contributed by atoms with van der Waals surface area (Å²) in [5.74, 6) is -1.06. The quantitative estimate of drug-likeness (QED) is 0.737. The molecular formula is C10H13N3O4S. The molecule has 0 spiro atoms. The highest BCUT2D eigenvalue weighted by Gasteiger charge is 2.17. The van der Waals surface area contributed by atoms with Gasteiger partial charge >= 0.3 is 12.0 Å². The van der Waals surface area contributed by atoms with Crippen molar-refractivity contribution in [1.29, 1.82) is 0 Å². The Balaban J connectivity index is 1.76. The molecule has 1 saturated heterocycles. The van der Waals surface area contributed by atoms with E-state index >= 15 is 0 Å². The number of carboxylic acid groups (broad SMARTS) is 1. The molecular weight excluding hydrogens is 258 g/mol. The summed E-state index contributed by atoms with van der Waals surface area (Å²) in [6, 6.07) is -0.242. The molecule has 0 bridgehead atoms. The summed E-state index contributed by atoms with van der Waals surface area (Å²) in [5.41, 5.74) is 0.00130. The highest BCUT2D eigenvalue weighted by Crippen LogP contribution is 2.09. The number of ether oxygens (including phenoxy) is 1. The fourth-order valence-electron chi connectivity index (χ4n) is 1.53. The van der Waals surface area contributed by atoms with Crippen LogP contribution in [0.1, 0.15) is 21.9 Å². The average Bonchev–Trinajstić information content (AvgIpc) is 2.96. The first-order valence-corrected chi connectivity index (χ1v) is 6.33. The second kappa shape index (κ2) is 5.78. The molecule has 1 aliphatic rings. The van der Waals surface area contributed by atoms with Crippen molar-refractivity contribution < 1.29 is 19.4 Å². The van der Waals surface area contributed by atoms with Gasteiger partial charge in [-0.3, -0.25) is 0 Å². The van der Waals surface area contributed by atoms with Crippen molar-refractivity contribution in [3.63, 3.8) is 0 Å². The van der Waals surface area contributed by atoms with Gasteiger partial charge in [0.15, 0.2) is 5.69 Å². The molecule has 0 aromatic carbocycles. The number of aromatic carboxylic acids is 1. The molecule has 0 saturated carbocycles. The Bertz CT molecular complexity index is 442. The van der Waals surface area contributed by atoms with Crippen LogP contribution in [0, 0.1) is 0 Å². The molecule has 98 valence electrons. The molecule has 18 heavy (non-hydrogen) atoms. The Kier molecular flexibility index (Phi) is 4.11. The number of carbonyl (C=O) groups is 2. The molecule has 2 rings (SSSR count). The number of aromatic nitrogens is 1. The summed E-state index contributed by atoms with van der Waals surface area (Å²) in [6.07, 6.45) is 0.813. The number of rotatable bonds is 4. The van der Waals surface area contributed by atoms with Crippen LogP contribution < -0.4 is 10.6 Å². The molecule has 1 atom stereocenters. The molecule has 2 amide bonds. The van der Waals surface area contributed by atoms with Crippen LogP contribution in [0.25, 0.3) is 0 Å². The highest BCUT2D eigenvalue weighted by molar-refractivity contribution is 7.09. The van der Waals surface area contributed by atoms with E-state index in [1.54, 1.807) is 0 Å². The third-order valence-corrected chi connectivity index (χ3v) is 3.28. The van der Waals surface area contributed by atoms with Gasteiger partial charge in [0.25, 0.3) is 0 Å². The maximum absolute atomic E-state index is 11.5. The Morgan fingerprint density at radius 1 is 1.61 bits per heavy atom. The summed E-state index contributed by atoms with van der Waals surface area (Å²) >= 11 is 1.20. The lowest BCUT2D eigenvalue weighted by Gasteiger charge is -2.10. The molecule has 0 aliphatic carbocycles. The normalized spacial score (nSPS) is 18.6. The van der Waals surface area contributed by atoms with E-state index in [1.165, 1.54) is 16.7 Å². The SMILES string of the molecule is O=C(NCc1nc(C(=O)O)cs1)NC1CCOC1. The van der Waals surface area contributed by atoms with Crippen LogP contribution in [0.4, 0.5) is 4.79 Å². The molecule has 0 radical (unpaired) electrons. The minimum atomic E-state index is -1.06. The zero-order valence-corrected chi connectivity index (χ0v) is 10.3. The first kappa shape index (κ1) is 12.8. The number of hydrogen-bond donors (Lipinski definition) is 3. The van der Waals surface area contributed by atoms with Crippen molar-refractivity contribution in [3.05, 3.63) is 16.1 Å². The van der Waals surface area contributed by atoms with E-state index in [1.807, 2.05) is 0 Å². The summed E-state index contributed by atoms with van der Waals surface area (Å²) in [6.45, 7) is 1.42. The molecule has 1 unspecified atom stereocenters. The Morgan fingerprint density at radius 3 is 3.06 bits per heavy atom. The number of nitrogens with zero attached hydrogens (tertiary/aromatic N) is 1. The van der Waals surface area contributed by atoms with Crippen LogP contribution in [-0.4, -0.2) is 41.3 Å². The van der Waals surface area contributed by atoms with Crippen molar-refractivity contribution in [3.8, 4) is 0 Å². The maximum atomic E-state index is 11.5. The fraction of sp³-hybridized carbons (Fsp3) is 0.500. The van der Waals surface area contributed by atoms with Gasteiger partial charge in [0, 0.05) is 12.0 Å². The van der Waals surface area contributed by atoms with Gasteiger partial charge in [0.1, 0.15) is 5.01 Å². The molecule has 1 fully saturated rings. The van der Waals surface area contributed by atoms with Crippen molar-refractivity contribution in [1.82, 2.24) is 15.6 Å². The average molecular weight is 271 g/mol. The molecule has 1 aromatic rings. The summed E-state index contributed by atoms with van der Waals surface area (Å²) in [5, 5.41) is 16.1. The monoisotopic (exact) mass is 271 g/mol. The second-order valence-electron chi connectivity index (χ2n) is 3.82. The maximum Gasteiger partial charge on any atom is 0.355 e. The van der Waals surface area contributed by atoms with Crippen LogP contribution in [0.15, 0.2) is 5.38 Å². The van der Waals surface area contributed by atoms with Crippen LogP contribution in [0.3, 0.4) is 0 Å². The smallest absolute Gasteiger partial charge is 0.355 e. The van der Waals surface area contributed by atoms with Crippen LogP contribution in [0.2, 0.25) is 0 Å². The summed E-state index contributed by atoms with van der Waals surface area (Å²) < 4.78 is 5.13. The molecule has 8 heteroatoms. The number of amides is 2. The third kappa shape index (κ3) is 3.41. The van der Waals surface area contributed by atoms with Gasteiger partial charge in [-0.25, -0.2) is 14.6 Å². The minimum Gasteiger partial charge on any atom is -0.476 e. The second-order valence-corrected chi connectivity index (χ2v) is 4.76. The minimum absolute atomic E-state index is 0.00130. The van der Waals surface area contributed by atoms with E-state index in [2.05, 4.69) is 15.6 Å². The molecule has 1 aliphatic heterocycles. The number of hydrogen-bond acceptors (Lipinski definition) is 5. The van der Waals surface area contributed by atoms with Crippen LogP contribution in [0.5, 0.6) is 0 Å². The van der Waals surface area contributed by atoms with Gasteiger partial charge in [-0.15, -0.1) is 11.3 Å². The number of urea groups is 1. The van der Waals surface area contributed by atoms with Gasteiger partial charge in [-0.05, 0) is 6.42 Å². The Labute approximate surface area is 107 Å². The van der Waals surface area contributed by atoms with Crippen LogP contribution in [-0.2, 0) is 11.3 Å². The lowest BCUT2D eigenvalue weighted by molar-refractivity contribution is 0.0691. The van der Waals surface area contributed by atoms with E-state index in [0.717, 1.165) is 6.42 Å². The van der Waals surface area contributed by atoms with E-state index in [0.29, 0.717) is 18.2 Å². The summed E-state index contributed by atoms with van der Waals surface area (Å²) in [7, 11) is 0. The van der Waals surface area contributed by atoms with E-state index in [4.69, 9.17) is 9.84 Å². The Hall–Kier alpha value is -1.67. The Morgan fingerprint density at radius 2 is 2.44 bits per heavy atom. The topological polar surface area (TPSA) is 101 Å². The van der Waals surface area contributed by atoms with E-state index < -0.39 is 5.97 Å². The van der Waals surface area contributed by atoms with Crippen molar-refractivity contribution >= 4 is 23.3 Å². The number of nitrogens with one attached hydrogen (secondary N) is 2. The number of carbonyl (C=O) groups excluding carboxylic acids is 1. The molecule has 3 N–H and O–H groups in total. The zero-order valence-electron chi connectivity index (χ0n) is 9.51. The summed E-state index contributed by atoms with van der Waals surface area (Å²) in [4.78, 5) is 26.0. The lowest BCUT2D eigenvalue weighted by Crippen LogP contribution is -2.42. The standard InChI is InChI=1S/C10H13N3O4S/c14-9(15)7-5-18-8(13-7)3-11-10(16)12-6-1-2-17-4-6/h5-6H,1-4H2,(H,14,15)(H2,11,12,16). The van der Waals surface area contributed by atoms with Crippen molar-refractivity contribution in [2.75, 3.05) is 13.2 Å². The zero-order chi connectivity index (χ0) is 13.0. The van der Waals surface area contributed by atoms with Gasteiger partial charge in [-0.2, -0.15) is 0 Å². The van der Waals surface area contributed by atoms with Gasteiger partial charge < -0.3 is 20.5 Å². The predicted octanol–water partition coefficient (Wildman–Crippen LogP) is 0.429. The first-order valence-electron chi connectivity index (χ1n) is 5.45. The number of carboxylic acids is 1. The van der Waals surface area contributed by atoms with E-state index in [-0.39, 0.29) is 24.3 Å². The number of thiazole rings is 1. The van der Waals surface area contributed by atoms with Crippen molar-refractivity contribution in [2.45, 2.75) is 19.0 Å². The highest BCUT2D eigenvalue weighted by atomic mass is 32.1. The molecule has 1 aromatic heterocycles. The third-order valence-electron chi connectivity index (χ3n) is 2.44. The van der Waals surface area contributed by atoms with E-state index in [9.17, 15) is 9.59 Å². The lowest BCUT2D eigenvalue weighted by atomic mass is 10.3. The predicted molar refractivity (Wildman–Crippen MR) is 63.7 cm³/mol. The van der Waals surface area contributed by atoms with Gasteiger partial charge in [-0.1, -0.05) is 0 Å². The van der Waals surface area contributed by atoms with Crippen molar-refractivity contribution in [2.24, 2.45) is 0 Å². The largest absolute Gasteiger partial charge is 0.476 e. The van der Waals surface area contributed by atoms with Gasteiger partial charge in [0.05, 0.1) is 19.2 Å². The first-order chi connectivity index (χ1) is 8.65.